The van der Waals surface area contributed by atoms with Gasteiger partial charge in [-0.15, -0.1) is 0 Å². The van der Waals surface area contributed by atoms with Crippen LogP contribution in [-0.2, 0) is 9.53 Å². The summed E-state index contributed by atoms with van der Waals surface area (Å²) in [6.07, 6.45) is 4.50. The molecule has 1 rings (SSSR count). The maximum absolute atomic E-state index is 11.7. The molecule has 0 saturated carbocycles. The van der Waals surface area contributed by atoms with Crippen molar-refractivity contribution in [3.63, 3.8) is 0 Å². The van der Waals surface area contributed by atoms with Gasteiger partial charge >= 0.3 is 5.97 Å². The smallest absolute Gasteiger partial charge is 0.320 e. The van der Waals surface area contributed by atoms with Gasteiger partial charge in [0.2, 0.25) is 0 Å². The number of piperidine rings is 1. The maximum atomic E-state index is 11.7. The number of nitrogens with zero attached hydrogens (tertiary/aromatic N) is 1. The van der Waals surface area contributed by atoms with Crippen LogP contribution in [0.2, 0.25) is 0 Å². The first-order chi connectivity index (χ1) is 9.61. The van der Waals surface area contributed by atoms with E-state index in [0.29, 0.717) is 25.0 Å². The SMILES string of the molecule is CCCCOC(=O)CN1CCCC(CNCC(C)C)C1. The van der Waals surface area contributed by atoms with Gasteiger partial charge in [0.25, 0.3) is 0 Å². The standard InChI is InChI=1S/C16H32N2O2/c1-4-5-9-20-16(19)13-18-8-6-7-15(12-18)11-17-10-14(2)3/h14-15,17H,4-13H2,1-3H3. The second-order valence-electron chi connectivity index (χ2n) is 6.37. The molecule has 0 amide bonds. The van der Waals surface area contributed by atoms with E-state index in [1.807, 2.05) is 0 Å². The number of hydrogen-bond donors (Lipinski definition) is 1. The predicted molar refractivity (Wildman–Crippen MR) is 82.7 cm³/mol. The van der Waals surface area contributed by atoms with E-state index < -0.39 is 0 Å². The fourth-order valence-corrected chi connectivity index (χ4v) is 2.60. The number of carbonyl (C=O) groups excluding carboxylic acids is 1. The second kappa shape index (κ2) is 10.2. The van der Waals surface area contributed by atoms with Crippen molar-refractivity contribution in [2.24, 2.45) is 11.8 Å². The maximum Gasteiger partial charge on any atom is 0.320 e. The zero-order chi connectivity index (χ0) is 14.8. The van der Waals surface area contributed by atoms with Crippen LogP contribution in [-0.4, -0.2) is 50.2 Å². The average Bonchev–Trinajstić information content (AvgIpc) is 2.39. The third kappa shape index (κ3) is 7.85. The van der Waals surface area contributed by atoms with E-state index in [9.17, 15) is 4.79 Å². The van der Waals surface area contributed by atoms with E-state index in [1.54, 1.807) is 0 Å². The molecule has 20 heavy (non-hydrogen) atoms. The lowest BCUT2D eigenvalue weighted by molar-refractivity contribution is -0.145. The molecule has 0 aromatic rings. The minimum absolute atomic E-state index is 0.0609. The van der Waals surface area contributed by atoms with Crippen molar-refractivity contribution in [3.8, 4) is 0 Å². The lowest BCUT2D eigenvalue weighted by atomic mass is 9.98. The average molecular weight is 284 g/mol. The van der Waals surface area contributed by atoms with Crippen LogP contribution < -0.4 is 5.32 Å². The van der Waals surface area contributed by atoms with Crippen molar-refractivity contribution in [2.45, 2.75) is 46.5 Å². The zero-order valence-corrected chi connectivity index (χ0v) is 13.5. The summed E-state index contributed by atoms with van der Waals surface area (Å²) in [5, 5.41) is 3.53. The van der Waals surface area contributed by atoms with E-state index in [1.165, 1.54) is 12.8 Å². The number of carbonyl (C=O) groups is 1. The van der Waals surface area contributed by atoms with Gasteiger partial charge in [-0.05, 0) is 50.7 Å². The summed E-state index contributed by atoms with van der Waals surface area (Å²) in [6, 6.07) is 0. The van der Waals surface area contributed by atoms with Crippen molar-refractivity contribution < 1.29 is 9.53 Å². The minimum atomic E-state index is -0.0609. The molecule has 4 heteroatoms. The van der Waals surface area contributed by atoms with Crippen molar-refractivity contribution in [2.75, 3.05) is 39.3 Å². The highest BCUT2D eigenvalue weighted by molar-refractivity contribution is 5.71. The minimum Gasteiger partial charge on any atom is -0.465 e. The van der Waals surface area contributed by atoms with Crippen LogP contribution in [0, 0.1) is 11.8 Å². The number of nitrogens with one attached hydrogen (secondary N) is 1. The topological polar surface area (TPSA) is 41.6 Å². The molecule has 1 aliphatic rings. The van der Waals surface area contributed by atoms with Crippen LogP contribution in [0.25, 0.3) is 0 Å². The molecule has 1 heterocycles. The normalized spacial score (nSPS) is 20.3. The van der Waals surface area contributed by atoms with Gasteiger partial charge < -0.3 is 10.1 Å². The Morgan fingerprint density at radius 2 is 2.25 bits per heavy atom. The lowest BCUT2D eigenvalue weighted by Crippen LogP contribution is -2.42. The van der Waals surface area contributed by atoms with Crippen molar-refractivity contribution in [1.29, 1.82) is 0 Å². The highest BCUT2D eigenvalue weighted by Gasteiger charge is 2.21. The van der Waals surface area contributed by atoms with Crippen molar-refractivity contribution >= 4 is 5.97 Å². The molecule has 1 N–H and O–H groups in total. The molecule has 1 atom stereocenters. The Bertz CT molecular complexity index is 269. The Hall–Kier alpha value is -0.610. The molecule has 1 saturated heterocycles. The molecule has 0 spiro atoms. The molecular weight excluding hydrogens is 252 g/mol. The highest BCUT2D eigenvalue weighted by atomic mass is 16.5. The highest BCUT2D eigenvalue weighted by Crippen LogP contribution is 2.15. The van der Waals surface area contributed by atoms with Gasteiger partial charge in [-0.25, -0.2) is 0 Å². The molecule has 1 unspecified atom stereocenters. The zero-order valence-electron chi connectivity index (χ0n) is 13.5. The molecule has 0 aliphatic carbocycles. The summed E-state index contributed by atoms with van der Waals surface area (Å²) in [6.45, 7) is 11.8. The molecular formula is C16H32N2O2. The third-order valence-electron chi connectivity index (χ3n) is 3.70. The molecule has 0 aromatic heterocycles. The second-order valence-corrected chi connectivity index (χ2v) is 6.37. The Kier molecular flexibility index (Phi) is 8.86. The summed E-state index contributed by atoms with van der Waals surface area (Å²) in [7, 11) is 0. The number of rotatable bonds is 9. The van der Waals surface area contributed by atoms with Gasteiger partial charge in [0, 0.05) is 6.54 Å². The summed E-state index contributed by atoms with van der Waals surface area (Å²) in [5.74, 6) is 1.31. The first-order valence-electron chi connectivity index (χ1n) is 8.20. The molecule has 0 bridgehead atoms. The molecule has 4 nitrogen and oxygen atoms in total. The van der Waals surface area contributed by atoms with Gasteiger partial charge in [-0.1, -0.05) is 27.2 Å². The number of likely N-dealkylation sites (tertiary alicyclic amines) is 1. The Morgan fingerprint density at radius 1 is 1.45 bits per heavy atom. The van der Waals surface area contributed by atoms with Crippen LogP contribution in [0.3, 0.4) is 0 Å². The van der Waals surface area contributed by atoms with Gasteiger partial charge in [-0.3, -0.25) is 9.69 Å². The summed E-state index contributed by atoms with van der Waals surface area (Å²) in [5.41, 5.74) is 0. The predicted octanol–water partition coefficient (Wildman–Crippen LogP) is 2.29. The first-order valence-corrected chi connectivity index (χ1v) is 8.20. The molecule has 1 fully saturated rings. The number of ether oxygens (including phenoxy) is 1. The van der Waals surface area contributed by atoms with Crippen LogP contribution in [0.1, 0.15) is 46.5 Å². The number of esters is 1. The number of unbranched alkanes of at least 4 members (excludes halogenated alkanes) is 1. The van der Waals surface area contributed by atoms with E-state index in [0.717, 1.165) is 39.0 Å². The first kappa shape index (κ1) is 17.4. The van der Waals surface area contributed by atoms with Crippen molar-refractivity contribution in [1.82, 2.24) is 10.2 Å². The van der Waals surface area contributed by atoms with E-state index >= 15 is 0 Å². The summed E-state index contributed by atoms with van der Waals surface area (Å²) in [4.78, 5) is 14.0. The summed E-state index contributed by atoms with van der Waals surface area (Å²) >= 11 is 0. The molecule has 1 aliphatic heterocycles. The van der Waals surface area contributed by atoms with Crippen LogP contribution in [0.4, 0.5) is 0 Å². The number of hydrogen-bond acceptors (Lipinski definition) is 4. The molecule has 118 valence electrons. The Labute approximate surface area is 124 Å². The van der Waals surface area contributed by atoms with Crippen LogP contribution >= 0.6 is 0 Å². The van der Waals surface area contributed by atoms with E-state index in [4.69, 9.17) is 4.74 Å². The van der Waals surface area contributed by atoms with E-state index in [2.05, 4.69) is 31.0 Å². The van der Waals surface area contributed by atoms with Crippen molar-refractivity contribution in [3.05, 3.63) is 0 Å². The van der Waals surface area contributed by atoms with E-state index in [-0.39, 0.29) is 5.97 Å². The summed E-state index contributed by atoms with van der Waals surface area (Å²) < 4.78 is 5.24. The molecule has 0 aromatic carbocycles. The van der Waals surface area contributed by atoms with Crippen LogP contribution in [0.5, 0.6) is 0 Å². The quantitative estimate of drug-likeness (QED) is 0.521. The third-order valence-corrected chi connectivity index (χ3v) is 3.70. The van der Waals surface area contributed by atoms with Gasteiger partial charge in [0.15, 0.2) is 0 Å². The largest absolute Gasteiger partial charge is 0.465 e. The van der Waals surface area contributed by atoms with Gasteiger partial charge in [0.05, 0.1) is 13.2 Å². The molecule has 0 radical (unpaired) electrons. The van der Waals surface area contributed by atoms with Crippen LogP contribution in [0.15, 0.2) is 0 Å². The fraction of sp³-hybridized carbons (Fsp3) is 0.938. The monoisotopic (exact) mass is 284 g/mol. The van der Waals surface area contributed by atoms with Gasteiger partial charge in [0.1, 0.15) is 0 Å². The van der Waals surface area contributed by atoms with Gasteiger partial charge in [-0.2, -0.15) is 0 Å². The Morgan fingerprint density at radius 3 is 2.95 bits per heavy atom. The lowest BCUT2D eigenvalue weighted by Gasteiger charge is -2.32. The Balaban J connectivity index is 2.17. The fourth-order valence-electron chi connectivity index (χ4n) is 2.60.